The quantitative estimate of drug-likeness (QED) is 0.783. The van der Waals surface area contributed by atoms with Crippen LogP contribution in [0, 0.1) is 0 Å². The van der Waals surface area contributed by atoms with Gasteiger partial charge in [-0.15, -0.1) is 0 Å². The number of nitrogens with two attached hydrogens (primary N) is 1. The summed E-state index contributed by atoms with van der Waals surface area (Å²) in [7, 11) is 3.43. The van der Waals surface area contributed by atoms with Gasteiger partial charge in [0.25, 0.3) is 0 Å². The second kappa shape index (κ2) is 8.02. The first-order valence-corrected chi connectivity index (χ1v) is 8.20. The van der Waals surface area contributed by atoms with Gasteiger partial charge in [-0.2, -0.15) is 0 Å². The minimum atomic E-state index is 0.0790. The van der Waals surface area contributed by atoms with Gasteiger partial charge in [0, 0.05) is 35.7 Å². The number of benzene rings is 2. The van der Waals surface area contributed by atoms with Crippen LogP contribution in [-0.4, -0.2) is 25.0 Å². The fourth-order valence-corrected chi connectivity index (χ4v) is 2.82. The summed E-state index contributed by atoms with van der Waals surface area (Å²) in [5.74, 6) is 0.857. The maximum atomic E-state index is 12.3. The molecule has 2 aromatic carbocycles. The molecule has 4 nitrogen and oxygen atoms in total. The number of anilines is 1. The Hall–Kier alpha value is -2.01. The van der Waals surface area contributed by atoms with E-state index in [0.29, 0.717) is 19.4 Å². The van der Waals surface area contributed by atoms with Gasteiger partial charge >= 0.3 is 0 Å². The molecule has 0 aliphatic rings. The Bertz CT molecular complexity index is 688. The number of hydrogen-bond acceptors (Lipinski definition) is 3. The van der Waals surface area contributed by atoms with E-state index in [2.05, 4.69) is 15.9 Å². The molecule has 23 heavy (non-hydrogen) atoms. The molecule has 0 aromatic heterocycles. The van der Waals surface area contributed by atoms with Crippen LogP contribution in [0.2, 0.25) is 0 Å². The molecule has 0 atom stereocenters. The Balaban J connectivity index is 1.98. The van der Waals surface area contributed by atoms with Gasteiger partial charge in [0.2, 0.25) is 5.91 Å². The Morgan fingerprint density at radius 1 is 1.22 bits per heavy atom. The number of amides is 1. The van der Waals surface area contributed by atoms with Crippen LogP contribution in [0.25, 0.3) is 0 Å². The SMILES string of the molecule is COc1ccc(Br)cc1CN(C)C(=O)CCc1ccccc1N. The second-order valence-corrected chi connectivity index (χ2v) is 6.32. The number of halogens is 1. The predicted molar refractivity (Wildman–Crippen MR) is 96.3 cm³/mol. The monoisotopic (exact) mass is 376 g/mol. The molecule has 0 fully saturated rings. The zero-order chi connectivity index (χ0) is 16.8. The van der Waals surface area contributed by atoms with Crippen molar-refractivity contribution in [2.75, 3.05) is 19.9 Å². The third-order valence-corrected chi connectivity index (χ3v) is 4.23. The lowest BCUT2D eigenvalue weighted by molar-refractivity contribution is -0.130. The predicted octanol–water partition coefficient (Wildman–Crippen LogP) is 3.63. The molecule has 2 N–H and O–H groups in total. The van der Waals surface area contributed by atoms with E-state index in [1.807, 2.05) is 42.5 Å². The number of carbonyl (C=O) groups is 1. The van der Waals surface area contributed by atoms with Gasteiger partial charge in [-0.05, 0) is 36.2 Å². The molecule has 0 bridgehead atoms. The van der Waals surface area contributed by atoms with Crippen molar-refractivity contribution < 1.29 is 9.53 Å². The van der Waals surface area contributed by atoms with E-state index in [1.54, 1.807) is 19.1 Å². The van der Waals surface area contributed by atoms with Crippen molar-refractivity contribution in [2.45, 2.75) is 19.4 Å². The van der Waals surface area contributed by atoms with Crippen LogP contribution >= 0.6 is 15.9 Å². The van der Waals surface area contributed by atoms with Gasteiger partial charge < -0.3 is 15.4 Å². The summed E-state index contributed by atoms with van der Waals surface area (Å²) in [5, 5.41) is 0. The van der Waals surface area contributed by atoms with Crippen molar-refractivity contribution in [3.05, 3.63) is 58.1 Å². The van der Waals surface area contributed by atoms with Gasteiger partial charge in [-0.1, -0.05) is 34.1 Å². The van der Waals surface area contributed by atoms with Gasteiger partial charge in [-0.3, -0.25) is 4.79 Å². The molecule has 0 aliphatic carbocycles. The van der Waals surface area contributed by atoms with Crippen molar-refractivity contribution in [3.8, 4) is 5.75 Å². The minimum absolute atomic E-state index is 0.0790. The molecule has 1 amide bonds. The Kier molecular flexibility index (Phi) is 6.04. The molecule has 0 unspecified atom stereocenters. The van der Waals surface area contributed by atoms with E-state index in [1.165, 1.54) is 0 Å². The lowest BCUT2D eigenvalue weighted by atomic mass is 10.1. The molecular formula is C18H21BrN2O2. The number of aryl methyl sites for hydroxylation is 1. The number of para-hydroxylation sites is 1. The molecule has 0 saturated carbocycles. The Labute approximate surface area is 145 Å². The molecular weight excluding hydrogens is 356 g/mol. The van der Waals surface area contributed by atoms with Crippen molar-refractivity contribution in [1.29, 1.82) is 0 Å². The molecule has 2 aromatic rings. The lowest BCUT2D eigenvalue weighted by Crippen LogP contribution is -2.26. The van der Waals surface area contributed by atoms with Crippen molar-refractivity contribution in [3.63, 3.8) is 0 Å². The maximum Gasteiger partial charge on any atom is 0.222 e. The fourth-order valence-electron chi connectivity index (χ4n) is 2.41. The highest BCUT2D eigenvalue weighted by atomic mass is 79.9. The highest BCUT2D eigenvalue weighted by Crippen LogP contribution is 2.24. The fraction of sp³-hybridized carbons (Fsp3) is 0.278. The number of ether oxygens (including phenoxy) is 1. The van der Waals surface area contributed by atoms with Gasteiger partial charge in [0.05, 0.1) is 7.11 Å². The van der Waals surface area contributed by atoms with Crippen molar-refractivity contribution in [2.24, 2.45) is 0 Å². The highest BCUT2D eigenvalue weighted by molar-refractivity contribution is 9.10. The third kappa shape index (κ3) is 4.73. The van der Waals surface area contributed by atoms with Crippen LogP contribution in [0.15, 0.2) is 46.9 Å². The first-order chi connectivity index (χ1) is 11.0. The van der Waals surface area contributed by atoms with E-state index in [-0.39, 0.29) is 5.91 Å². The molecule has 122 valence electrons. The van der Waals surface area contributed by atoms with Crippen molar-refractivity contribution in [1.82, 2.24) is 4.90 Å². The average Bonchev–Trinajstić information content (AvgIpc) is 2.54. The number of rotatable bonds is 6. The molecule has 0 aliphatic heterocycles. The number of nitrogen functional groups attached to an aromatic ring is 1. The summed E-state index contributed by atoms with van der Waals surface area (Å²) in [4.78, 5) is 14.1. The van der Waals surface area contributed by atoms with Crippen LogP contribution in [-0.2, 0) is 17.8 Å². The number of nitrogens with zero attached hydrogens (tertiary/aromatic N) is 1. The summed E-state index contributed by atoms with van der Waals surface area (Å²) in [6, 6.07) is 13.4. The first-order valence-electron chi connectivity index (χ1n) is 7.41. The first kappa shape index (κ1) is 17.3. The van der Waals surface area contributed by atoms with E-state index < -0.39 is 0 Å². The number of methoxy groups -OCH3 is 1. The summed E-state index contributed by atoms with van der Waals surface area (Å²) in [6.07, 6.45) is 1.08. The smallest absolute Gasteiger partial charge is 0.222 e. The average molecular weight is 377 g/mol. The lowest BCUT2D eigenvalue weighted by Gasteiger charge is -2.19. The summed E-state index contributed by atoms with van der Waals surface area (Å²) < 4.78 is 6.31. The second-order valence-electron chi connectivity index (χ2n) is 5.40. The molecule has 0 saturated heterocycles. The molecule has 5 heteroatoms. The minimum Gasteiger partial charge on any atom is -0.496 e. The zero-order valence-corrected chi connectivity index (χ0v) is 15.0. The summed E-state index contributed by atoms with van der Waals surface area (Å²) in [6.45, 7) is 0.506. The normalized spacial score (nSPS) is 10.4. The zero-order valence-electron chi connectivity index (χ0n) is 13.4. The van der Waals surface area contributed by atoms with E-state index in [0.717, 1.165) is 27.0 Å². The van der Waals surface area contributed by atoms with Gasteiger partial charge in [0.15, 0.2) is 0 Å². The largest absolute Gasteiger partial charge is 0.496 e. The van der Waals surface area contributed by atoms with Crippen LogP contribution in [0.3, 0.4) is 0 Å². The van der Waals surface area contributed by atoms with Crippen LogP contribution < -0.4 is 10.5 Å². The standard InChI is InChI=1S/C18H21BrN2O2/c1-21(12-14-11-15(19)8-9-17(14)23-2)18(22)10-7-13-5-3-4-6-16(13)20/h3-6,8-9,11H,7,10,12,20H2,1-2H3. The van der Waals surface area contributed by atoms with Crippen LogP contribution in [0.5, 0.6) is 5.75 Å². The topological polar surface area (TPSA) is 55.6 Å². The Morgan fingerprint density at radius 2 is 1.96 bits per heavy atom. The van der Waals surface area contributed by atoms with Crippen LogP contribution in [0.4, 0.5) is 5.69 Å². The maximum absolute atomic E-state index is 12.3. The van der Waals surface area contributed by atoms with E-state index in [9.17, 15) is 4.79 Å². The molecule has 0 heterocycles. The number of carbonyl (C=O) groups excluding carboxylic acids is 1. The van der Waals surface area contributed by atoms with Crippen LogP contribution in [0.1, 0.15) is 17.5 Å². The number of hydrogen-bond donors (Lipinski definition) is 1. The van der Waals surface area contributed by atoms with Crippen molar-refractivity contribution >= 4 is 27.5 Å². The summed E-state index contributed by atoms with van der Waals surface area (Å²) in [5.41, 5.74) is 8.63. The highest BCUT2D eigenvalue weighted by Gasteiger charge is 2.13. The summed E-state index contributed by atoms with van der Waals surface area (Å²) >= 11 is 3.45. The molecule has 0 spiro atoms. The Morgan fingerprint density at radius 3 is 2.65 bits per heavy atom. The van der Waals surface area contributed by atoms with Gasteiger partial charge in [0.1, 0.15) is 5.75 Å². The molecule has 0 radical (unpaired) electrons. The van der Waals surface area contributed by atoms with E-state index in [4.69, 9.17) is 10.5 Å². The van der Waals surface area contributed by atoms with E-state index >= 15 is 0 Å². The third-order valence-electron chi connectivity index (χ3n) is 3.74. The molecule has 2 rings (SSSR count). The van der Waals surface area contributed by atoms with Gasteiger partial charge in [-0.25, -0.2) is 0 Å².